The van der Waals surface area contributed by atoms with Crippen LogP contribution in [0.1, 0.15) is 32.4 Å². The number of carbonyl (C=O) groups is 1. The number of hydrogen-bond donors (Lipinski definition) is 2. The zero-order chi connectivity index (χ0) is 15.1. The second kappa shape index (κ2) is 7.85. The van der Waals surface area contributed by atoms with E-state index in [-0.39, 0.29) is 23.7 Å². The number of hydrogen-bond acceptors (Lipinski definition) is 3. The second-order valence-corrected chi connectivity index (χ2v) is 5.01. The van der Waals surface area contributed by atoms with Gasteiger partial charge in [-0.1, -0.05) is 19.9 Å². The highest BCUT2D eigenvalue weighted by Crippen LogP contribution is 2.21. The summed E-state index contributed by atoms with van der Waals surface area (Å²) >= 11 is 0. The van der Waals surface area contributed by atoms with Crippen molar-refractivity contribution in [2.75, 3.05) is 20.2 Å². The summed E-state index contributed by atoms with van der Waals surface area (Å²) < 4.78 is 18.8. The third-order valence-corrected chi connectivity index (χ3v) is 3.07. The van der Waals surface area contributed by atoms with E-state index in [2.05, 4.69) is 10.6 Å². The Bertz CT molecular complexity index is 449. The van der Waals surface area contributed by atoms with Crippen LogP contribution in [-0.2, 0) is 4.79 Å². The molecular weight excluding hydrogens is 259 g/mol. The topological polar surface area (TPSA) is 50.4 Å². The van der Waals surface area contributed by atoms with Crippen molar-refractivity contribution in [3.63, 3.8) is 0 Å². The van der Waals surface area contributed by atoms with Crippen molar-refractivity contribution < 1.29 is 13.9 Å². The molecule has 0 aliphatic heterocycles. The zero-order valence-corrected chi connectivity index (χ0v) is 12.5. The molecule has 0 aliphatic rings. The quantitative estimate of drug-likeness (QED) is 0.754. The van der Waals surface area contributed by atoms with Gasteiger partial charge in [-0.05, 0) is 13.0 Å². The summed E-state index contributed by atoms with van der Waals surface area (Å²) in [5, 5.41) is 5.98. The maximum atomic E-state index is 13.8. The Kier molecular flexibility index (Phi) is 6.45. The van der Waals surface area contributed by atoms with Gasteiger partial charge in [0.1, 0.15) is 11.6 Å². The van der Waals surface area contributed by atoms with Crippen molar-refractivity contribution in [2.24, 2.45) is 5.92 Å². The number of methoxy groups -OCH3 is 1. The second-order valence-electron chi connectivity index (χ2n) is 5.01. The smallest absolute Gasteiger partial charge is 0.222 e. The third-order valence-electron chi connectivity index (χ3n) is 3.07. The van der Waals surface area contributed by atoms with Gasteiger partial charge in [-0.2, -0.15) is 0 Å². The summed E-state index contributed by atoms with van der Waals surface area (Å²) in [5.41, 5.74) is 0.584. The van der Waals surface area contributed by atoms with Crippen LogP contribution in [0.15, 0.2) is 18.2 Å². The van der Waals surface area contributed by atoms with Crippen molar-refractivity contribution in [3.8, 4) is 5.75 Å². The van der Waals surface area contributed by atoms with Gasteiger partial charge in [0.25, 0.3) is 0 Å². The lowest BCUT2D eigenvalue weighted by Gasteiger charge is -2.16. The van der Waals surface area contributed by atoms with E-state index in [0.717, 1.165) is 0 Å². The molecule has 0 aliphatic carbocycles. The average Bonchev–Trinajstić information content (AvgIpc) is 2.42. The van der Waals surface area contributed by atoms with E-state index in [1.807, 2.05) is 20.8 Å². The van der Waals surface area contributed by atoms with E-state index >= 15 is 0 Å². The van der Waals surface area contributed by atoms with Gasteiger partial charge in [0.15, 0.2) is 0 Å². The van der Waals surface area contributed by atoms with E-state index in [9.17, 15) is 9.18 Å². The fourth-order valence-corrected chi connectivity index (χ4v) is 1.77. The van der Waals surface area contributed by atoms with Gasteiger partial charge in [0.05, 0.1) is 7.11 Å². The molecule has 0 aromatic heterocycles. The molecule has 112 valence electrons. The fraction of sp³-hybridized carbons (Fsp3) is 0.533. The zero-order valence-electron chi connectivity index (χ0n) is 12.5. The van der Waals surface area contributed by atoms with E-state index in [4.69, 9.17) is 4.74 Å². The minimum Gasteiger partial charge on any atom is -0.497 e. The lowest BCUT2D eigenvalue weighted by Crippen LogP contribution is -2.35. The van der Waals surface area contributed by atoms with Crippen LogP contribution in [0.4, 0.5) is 4.39 Å². The molecule has 0 bridgehead atoms. The Morgan fingerprint density at radius 3 is 2.55 bits per heavy atom. The van der Waals surface area contributed by atoms with Gasteiger partial charge in [0.2, 0.25) is 5.91 Å². The summed E-state index contributed by atoms with van der Waals surface area (Å²) in [7, 11) is 1.51. The van der Waals surface area contributed by atoms with Crippen LogP contribution in [0.5, 0.6) is 5.75 Å². The van der Waals surface area contributed by atoms with Crippen molar-refractivity contribution in [1.82, 2.24) is 10.6 Å². The van der Waals surface area contributed by atoms with Crippen LogP contribution in [0.2, 0.25) is 0 Å². The van der Waals surface area contributed by atoms with Crippen LogP contribution < -0.4 is 15.4 Å². The highest BCUT2D eigenvalue weighted by molar-refractivity contribution is 5.77. The summed E-state index contributed by atoms with van der Waals surface area (Å²) in [4.78, 5) is 11.4. The van der Waals surface area contributed by atoms with Gasteiger partial charge >= 0.3 is 0 Å². The number of benzene rings is 1. The van der Waals surface area contributed by atoms with E-state index < -0.39 is 0 Å². The normalized spacial score (nSPS) is 12.3. The number of amides is 1. The number of ether oxygens (including phenoxy) is 1. The van der Waals surface area contributed by atoms with Gasteiger partial charge < -0.3 is 15.4 Å². The fourth-order valence-electron chi connectivity index (χ4n) is 1.77. The Morgan fingerprint density at radius 1 is 1.30 bits per heavy atom. The van der Waals surface area contributed by atoms with Gasteiger partial charge in [-0.3, -0.25) is 4.79 Å². The van der Waals surface area contributed by atoms with Crippen molar-refractivity contribution in [2.45, 2.75) is 26.8 Å². The maximum Gasteiger partial charge on any atom is 0.222 e. The highest BCUT2D eigenvalue weighted by Gasteiger charge is 2.11. The first-order chi connectivity index (χ1) is 9.45. The van der Waals surface area contributed by atoms with Gasteiger partial charge in [0, 0.05) is 36.7 Å². The van der Waals surface area contributed by atoms with Gasteiger partial charge in [-0.25, -0.2) is 4.39 Å². The number of nitrogens with one attached hydrogen (secondary N) is 2. The summed E-state index contributed by atoms with van der Waals surface area (Å²) in [6.45, 7) is 6.69. The molecule has 1 atom stereocenters. The van der Waals surface area contributed by atoms with E-state index in [0.29, 0.717) is 24.4 Å². The van der Waals surface area contributed by atoms with Crippen LogP contribution in [0, 0.1) is 11.7 Å². The number of rotatable bonds is 7. The molecule has 1 aromatic carbocycles. The molecule has 2 N–H and O–H groups in total. The molecule has 0 saturated heterocycles. The van der Waals surface area contributed by atoms with E-state index in [1.165, 1.54) is 13.2 Å². The van der Waals surface area contributed by atoms with Crippen molar-refractivity contribution in [1.29, 1.82) is 0 Å². The molecule has 5 heteroatoms. The molecule has 4 nitrogen and oxygen atoms in total. The minimum absolute atomic E-state index is 0.0218. The largest absolute Gasteiger partial charge is 0.497 e. The molecule has 1 aromatic rings. The molecule has 0 fully saturated rings. The minimum atomic E-state index is -0.296. The monoisotopic (exact) mass is 282 g/mol. The molecular formula is C15H23FN2O2. The van der Waals surface area contributed by atoms with Gasteiger partial charge in [-0.15, -0.1) is 0 Å². The first-order valence-corrected chi connectivity index (χ1v) is 6.80. The maximum absolute atomic E-state index is 13.8. The Hall–Kier alpha value is -1.62. The van der Waals surface area contributed by atoms with Crippen molar-refractivity contribution in [3.05, 3.63) is 29.6 Å². The van der Waals surface area contributed by atoms with Crippen LogP contribution in [0.3, 0.4) is 0 Å². The lowest BCUT2D eigenvalue weighted by molar-refractivity contribution is -0.123. The summed E-state index contributed by atoms with van der Waals surface area (Å²) in [6, 6.07) is 4.68. The highest BCUT2D eigenvalue weighted by atomic mass is 19.1. The number of carbonyl (C=O) groups excluding carboxylic acids is 1. The molecule has 1 unspecified atom stereocenters. The molecule has 0 radical (unpaired) electrons. The van der Waals surface area contributed by atoms with Crippen molar-refractivity contribution >= 4 is 5.91 Å². The predicted octanol–water partition coefficient (Wildman–Crippen LogP) is 2.26. The third kappa shape index (κ3) is 4.81. The summed E-state index contributed by atoms with van der Waals surface area (Å²) in [6.07, 6.45) is 0. The Labute approximate surface area is 119 Å². The van der Waals surface area contributed by atoms with Crippen LogP contribution >= 0.6 is 0 Å². The lowest BCUT2D eigenvalue weighted by atomic mass is 10.1. The Balaban J connectivity index is 2.43. The first-order valence-electron chi connectivity index (χ1n) is 6.80. The molecule has 20 heavy (non-hydrogen) atoms. The molecule has 0 heterocycles. The molecule has 0 saturated carbocycles. The Morgan fingerprint density at radius 2 is 2.00 bits per heavy atom. The SMILES string of the molecule is COc1ccc(C(C)NCCNC(=O)C(C)C)c(F)c1. The number of halogens is 1. The van der Waals surface area contributed by atoms with E-state index in [1.54, 1.807) is 12.1 Å². The van der Waals surface area contributed by atoms with Crippen LogP contribution in [0.25, 0.3) is 0 Å². The van der Waals surface area contributed by atoms with Crippen LogP contribution in [-0.4, -0.2) is 26.1 Å². The molecule has 1 rings (SSSR count). The summed E-state index contributed by atoms with van der Waals surface area (Å²) in [5.74, 6) is 0.208. The molecule has 0 spiro atoms. The average molecular weight is 282 g/mol. The molecule has 1 amide bonds. The predicted molar refractivity (Wildman–Crippen MR) is 77.2 cm³/mol. The standard InChI is InChI=1S/C15H23FN2O2/c1-10(2)15(19)18-8-7-17-11(3)13-6-5-12(20-4)9-14(13)16/h5-6,9-11,17H,7-8H2,1-4H3,(H,18,19). The first kappa shape index (κ1) is 16.4.